The third kappa shape index (κ3) is 2.72. The Hall–Kier alpha value is -0.650. The predicted molar refractivity (Wildman–Crippen MR) is 61.1 cm³/mol. The molecule has 1 fully saturated rings. The zero-order valence-corrected chi connectivity index (χ0v) is 10.1. The maximum Gasteiger partial charge on any atom is 0.240 e. The molecule has 3 N–H and O–H groups in total. The zero-order valence-electron chi connectivity index (χ0n) is 10.1. The summed E-state index contributed by atoms with van der Waals surface area (Å²) in [6.45, 7) is 1.17. The van der Waals surface area contributed by atoms with Gasteiger partial charge < -0.3 is 15.2 Å². The van der Waals surface area contributed by atoms with E-state index in [1.807, 2.05) is 0 Å². The molecular weight excluding hydrogens is 208 g/mol. The molecule has 1 amide bonds. The Morgan fingerprint density at radius 1 is 1.50 bits per heavy atom. The van der Waals surface area contributed by atoms with Crippen LogP contribution >= 0.6 is 0 Å². The summed E-state index contributed by atoms with van der Waals surface area (Å²) in [6.07, 6.45) is 3.57. The fraction of sp³-hybridized carbons (Fsp3) is 0.909. The molecule has 2 unspecified atom stereocenters. The van der Waals surface area contributed by atoms with Crippen LogP contribution in [0.15, 0.2) is 0 Å². The van der Waals surface area contributed by atoms with E-state index < -0.39 is 5.54 Å². The van der Waals surface area contributed by atoms with E-state index in [1.54, 1.807) is 14.2 Å². The maximum atomic E-state index is 11.7. The van der Waals surface area contributed by atoms with E-state index in [0.717, 1.165) is 25.7 Å². The van der Waals surface area contributed by atoms with E-state index in [2.05, 4.69) is 5.32 Å². The first kappa shape index (κ1) is 13.4. The number of carbonyl (C=O) groups is 1. The van der Waals surface area contributed by atoms with Gasteiger partial charge in [0, 0.05) is 20.8 Å². The van der Waals surface area contributed by atoms with Crippen molar-refractivity contribution in [2.24, 2.45) is 5.73 Å². The molecule has 0 saturated heterocycles. The minimum absolute atomic E-state index is 0.129. The highest BCUT2D eigenvalue weighted by atomic mass is 16.5. The first-order valence-corrected chi connectivity index (χ1v) is 5.74. The van der Waals surface area contributed by atoms with Crippen molar-refractivity contribution >= 4 is 5.91 Å². The molecule has 5 heteroatoms. The van der Waals surface area contributed by atoms with Gasteiger partial charge in [0.25, 0.3) is 0 Å². The Morgan fingerprint density at radius 2 is 2.25 bits per heavy atom. The van der Waals surface area contributed by atoms with Gasteiger partial charge in [0.15, 0.2) is 0 Å². The van der Waals surface area contributed by atoms with Gasteiger partial charge in [-0.15, -0.1) is 0 Å². The molecule has 94 valence electrons. The number of carbonyl (C=O) groups excluding carboxylic acids is 1. The van der Waals surface area contributed by atoms with Gasteiger partial charge in [-0.25, -0.2) is 0 Å². The first-order chi connectivity index (χ1) is 7.67. The minimum Gasteiger partial charge on any atom is -0.383 e. The lowest BCUT2D eigenvalue weighted by molar-refractivity contribution is -0.133. The summed E-state index contributed by atoms with van der Waals surface area (Å²) in [6, 6.07) is 0. The van der Waals surface area contributed by atoms with Gasteiger partial charge in [0.1, 0.15) is 5.54 Å². The number of ether oxygens (including phenoxy) is 2. The predicted octanol–water partition coefficient (Wildman–Crippen LogP) is 0.0355. The second kappa shape index (κ2) is 6.18. The topological polar surface area (TPSA) is 73.6 Å². The van der Waals surface area contributed by atoms with Gasteiger partial charge in [0.2, 0.25) is 5.91 Å². The zero-order chi connectivity index (χ0) is 12.0. The van der Waals surface area contributed by atoms with Crippen molar-refractivity contribution in [3.8, 4) is 0 Å². The largest absolute Gasteiger partial charge is 0.383 e. The summed E-state index contributed by atoms with van der Waals surface area (Å²) in [7, 11) is 3.26. The Labute approximate surface area is 96.7 Å². The van der Waals surface area contributed by atoms with Crippen LogP contribution in [0, 0.1) is 0 Å². The monoisotopic (exact) mass is 230 g/mol. The second-order valence-electron chi connectivity index (χ2n) is 4.23. The Morgan fingerprint density at radius 3 is 2.81 bits per heavy atom. The minimum atomic E-state index is -0.717. The molecule has 1 saturated carbocycles. The van der Waals surface area contributed by atoms with Crippen molar-refractivity contribution in [1.29, 1.82) is 0 Å². The van der Waals surface area contributed by atoms with E-state index in [4.69, 9.17) is 15.2 Å². The number of primary amides is 1. The number of nitrogens with one attached hydrogen (secondary N) is 1. The second-order valence-corrected chi connectivity index (χ2v) is 4.23. The summed E-state index contributed by atoms with van der Waals surface area (Å²) >= 11 is 0. The van der Waals surface area contributed by atoms with E-state index in [0.29, 0.717) is 13.2 Å². The highest BCUT2D eigenvalue weighted by molar-refractivity contribution is 5.85. The lowest BCUT2D eigenvalue weighted by Gasteiger charge is -2.41. The molecule has 1 aliphatic rings. The Balaban J connectivity index is 2.71. The maximum absolute atomic E-state index is 11.7. The lowest BCUT2D eigenvalue weighted by atomic mass is 9.78. The van der Waals surface area contributed by atoms with Crippen LogP contribution in [0.25, 0.3) is 0 Å². The van der Waals surface area contributed by atoms with Crippen molar-refractivity contribution in [2.45, 2.75) is 37.3 Å². The smallest absolute Gasteiger partial charge is 0.240 e. The average molecular weight is 230 g/mol. The number of hydrogen-bond donors (Lipinski definition) is 2. The number of rotatable bonds is 6. The normalized spacial score (nSPS) is 30.2. The molecule has 0 bridgehead atoms. The van der Waals surface area contributed by atoms with Gasteiger partial charge in [0.05, 0.1) is 12.7 Å². The standard InChI is InChI=1S/C11H22N2O3/c1-15-8-7-13-11(10(12)14)6-4-3-5-9(11)16-2/h9,13H,3-8H2,1-2H3,(H2,12,14). The lowest BCUT2D eigenvalue weighted by Crippen LogP contribution is -2.65. The van der Waals surface area contributed by atoms with E-state index in [1.165, 1.54) is 0 Å². The third-order valence-electron chi connectivity index (χ3n) is 3.31. The highest BCUT2D eigenvalue weighted by Gasteiger charge is 2.45. The van der Waals surface area contributed by atoms with Crippen LogP contribution in [-0.4, -0.2) is 44.9 Å². The van der Waals surface area contributed by atoms with Crippen molar-refractivity contribution < 1.29 is 14.3 Å². The Kier molecular flexibility index (Phi) is 5.18. The quantitative estimate of drug-likeness (QED) is 0.632. The van der Waals surface area contributed by atoms with Gasteiger partial charge in [-0.05, 0) is 12.8 Å². The van der Waals surface area contributed by atoms with Crippen molar-refractivity contribution in [1.82, 2.24) is 5.32 Å². The van der Waals surface area contributed by atoms with E-state index >= 15 is 0 Å². The van der Waals surface area contributed by atoms with Gasteiger partial charge in [-0.2, -0.15) is 0 Å². The number of hydrogen-bond acceptors (Lipinski definition) is 4. The van der Waals surface area contributed by atoms with Gasteiger partial charge in [-0.3, -0.25) is 10.1 Å². The van der Waals surface area contributed by atoms with Gasteiger partial charge in [-0.1, -0.05) is 12.8 Å². The number of amides is 1. The highest BCUT2D eigenvalue weighted by Crippen LogP contribution is 2.30. The van der Waals surface area contributed by atoms with Crippen molar-refractivity contribution in [2.75, 3.05) is 27.4 Å². The molecule has 0 aromatic carbocycles. The molecular formula is C11H22N2O3. The van der Waals surface area contributed by atoms with Crippen LogP contribution in [0.5, 0.6) is 0 Å². The number of methoxy groups -OCH3 is 2. The molecule has 0 heterocycles. The summed E-state index contributed by atoms with van der Waals surface area (Å²) in [5.74, 6) is -0.324. The molecule has 1 rings (SSSR count). The van der Waals surface area contributed by atoms with Gasteiger partial charge >= 0.3 is 0 Å². The third-order valence-corrected chi connectivity index (χ3v) is 3.31. The van der Waals surface area contributed by atoms with Crippen LogP contribution in [0.2, 0.25) is 0 Å². The average Bonchev–Trinajstić information content (AvgIpc) is 2.29. The van der Waals surface area contributed by atoms with Crippen LogP contribution < -0.4 is 11.1 Å². The molecule has 16 heavy (non-hydrogen) atoms. The van der Waals surface area contributed by atoms with Crippen LogP contribution in [0.4, 0.5) is 0 Å². The molecule has 0 spiro atoms. The fourth-order valence-corrected chi connectivity index (χ4v) is 2.41. The molecule has 0 aliphatic heterocycles. The fourth-order valence-electron chi connectivity index (χ4n) is 2.41. The van der Waals surface area contributed by atoms with Crippen molar-refractivity contribution in [3.05, 3.63) is 0 Å². The molecule has 0 aromatic heterocycles. The summed E-state index contributed by atoms with van der Waals surface area (Å²) < 4.78 is 10.4. The first-order valence-electron chi connectivity index (χ1n) is 5.74. The molecule has 1 aliphatic carbocycles. The summed E-state index contributed by atoms with van der Waals surface area (Å²) in [5.41, 5.74) is 4.81. The SMILES string of the molecule is COCCNC1(C(N)=O)CCCCC1OC. The summed E-state index contributed by atoms with van der Waals surface area (Å²) in [5, 5.41) is 3.21. The molecule has 2 atom stereocenters. The summed E-state index contributed by atoms with van der Waals surface area (Å²) in [4.78, 5) is 11.7. The van der Waals surface area contributed by atoms with Crippen molar-refractivity contribution in [3.63, 3.8) is 0 Å². The number of nitrogens with two attached hydrogens (primary N) is 1. The van der Waals surface area contributed by atoms with Crippen LogP contribution in [0.3, 0.4) is 0 Å². The molecule has 0 radical (unpaired) electrons. The molecule has 0 aromatic rings. The molecule has 5 nitrogen and oxygen atoms in total. The van der Waals surface area contributed by atoms with E-state index in [9.17, 15) is 4.79 Å². The van der Waals surface area contributed by atoms with E-state index in [-0.39, 0.29) is 12.0 Å². The van der Waals surface area contributed by atoms with Crippen LogP contribution in [-0.2, 0) is 14.3 Å². The Bertz CT molecular complexity index is 235. The van der Waals surface area contributed by atoms with Crippen LogP contribution in [0.1, 0.15) is 25.7 Å².